The normalized spacial score (nSPS) is 27.2. The van der Waals surface area contributed by atoms with Crippen LogP contribution in [0.2, 0.25) is 0 Å². The number of ether oxygens (including phenoxy) is 1. The lowest BCUT2D eigenvalue weighted by molar-refractivity contribution is 0.245. The quantitative estimate of drug-likeness (QED) is 0.435. The van der Waals surface area contributed by atoms with E-state index in [0.29, 0.717) is 16.7 Å². The standard InChI is InChI=1S/C27H34F2O/c1-3-18-4-6-19(7-5-18)8-9-20-10-12-21(13-11-20)24-16-22-14-15-23(30-2)17-25(22)27(29)26(24)28/h3,14-21H,1,4-13H2,2H3. The highest BCUT2D eigenvalue weighted by Crippen LogP contribution is 2.42. The molecule has 3 heteroatoms. The van der Waals surface area contributed by atoms with E-state index in [2.05, 4.69) is 12.7 Å². The first-order valence-electron chi connectivity index (χ1n) is 11.7. The summed E-state index contributed by atoms with van der Waals surface area (Å²) in [4.78, 5) is 0. The van der Waals surface area contributed by atoms with Crippen LogP contribution >= 0.6 is 0 Å². The third-order valence-corrected chi connectivity index (χ3v) is 7.75. The second-order valence-corrected chi connectivity index (χ2v) is 9.49. The first-order chi connectivity index (χ1) is 14.6. The van der Waals surface area contributed by atoms with Crippen molar-refractivity contribution in [2.24, 2.45) is 17.8 Å². The number of allylic oxidation sites excluding steroid dienone is 1. The van der Waals surface area contributed by atoms with Crippen molar-refractivity contribution in [1.29, 1.82) is 0 Å². The van der Waals surface area contributed by atoms with Crippen molar-refractivity contribution in [2.45, 2.75) is 70.1 Å². The zero-order valence-corrected chi connectivity index (χ0v) is 18.1. The van der Waals surface area contributed by atoms with Crippen molar-refractivity contribution in [3.8, 4) is 5.75 Å². The minimum Gasteiger partial charge on any atom is -0.497 e. The molecule has 4 rings (SSSR count). The molecule has 0 unspecified atom stereocenters. The topological polar surface area (TPSA) is 9.23 Å². The summed E-state index contributed by atoms with van der Waals surface area (Å²) in [6.07, 6.45) is 14.3. The number of methoxy groups -OCH3 is 1. The Kier molecular flexibility index (Phi) is 6.75. The van der Waals surface area contributed by atoms with Crippen molar-refractivity contribution in [3.05, 3.63) is 54.1 Å². The molecule has 30 heavy (non-hydrogen) atoms. The average Bonchev–Trinajstić information content (AvgIpc) is 2.80. The highest BCUT2D eigenvalue weighted by molar-refractivity contribution is 5.85. The van der Waals surface area contributed by atoms with Gasteiger partial charge < -0.3 is 4.74 Å². The Morgan fingerprint density at radius 3 is 2.13 bits per heavy atom. The zero-order chi connectivity index (χ0) is 21.1. The summed E-state index contributed by atoms with van der Waals surface area (Å²) in [5, 5.41) is 1.05. The fourth-order valence-corrected chi connectivity index (χ4v) is 5.70. The molecule has 162 valence electrons. The molecule has 0 aromatic heterocycles. The van der Waals surface area contributed by atoms with Gasteiger partial charge in [0.25, 0.3) is 0 Å². The predicted molar refractivity (Wildman–Crippen MR) is 120 cm³/mol. The van der Waals surface area contributed by atoms with E-state index in [4.69, 9.17) is 4.74 Å². The molecular weight excluding hydrogens is 378 g/mol. The van der Waals surface area contributed by atoms with Crippen LogP contribution in [0.25, 0.3) is 10.8 Å². The van der Waals surface area contributed by atoms with Gasteiger partial charge in [-0.05, 0) is 104 Å². The van der Waals surface area contributed by atoms with Crippen LogP contribution in [0.1, 0.15) is 75.7 Å². The molecule has 0 amide bonds. The summed E-state index contributed by atoms with van der Waals surface area (Å²) in [6, 6.07) is 7.07. The van der Waals surface area contributed by atoms with E-state index in [9.17, 15) is 8.78 Å². The smallest absolute Gasteiger partial charge is 0.167 e. The van der Waals surface area contributed by atoms with Crippen molar-refractivity contribution in [3.63, 3.8) is 0 Å². The summed E-state index contributed by atoms with van der Waals surface area (Å²) in [7, 11) is 1.54. The Morgan fingerprint density at radius 1 is 0.900 bits per heavy atom. The van der Waals surface area contributed by atoms with Gasteiger partial charge in [-0.15, -0.1) is 6.58 Å². The van der Waals surface area contributed by atoms with Gasteiger partial charge in [-0.1, -0.05) is 25.0 Å². The summed E-state index contributed by atoms with van der Waals surface area (Å²) in [6.45, 7) is 3.94. The molecule has 0 atom stereocenters. The minimum atomic E-state index is -0.737. The minimum absolute atomic E-state index is 0.130. The molecule has 0 saturated heterocycles. The largest absolute Gasteiger partial charge is 0.497 e. The molecule has 2 aromatic rings. The SMILES string of the molecule is C=CC1CCC(CCC2CCC(c3cc4ccc(OC)cc4c(F)c3F)CC2)CC1. The van der Waals surface area contributed by atoms with Crippen LogP contribution in [-0.2, 0) is 0 Å². The molecule has 2 saturated carbocycles. The number of hydrogen-bond donors (Lipinski definition) is 0. The third-order valence-electron chi connectivity index (χ3n) is 7.75. The molecule has 2 aliphatic rings. The molecule has 0 bridgehead atoms. The van der Waals surface area contributed by atoms with Gasteiger partial charge in [-0.2, -0.15) is 0 Å². The van der Waals surface area contributed by atoms with Gasteiger partial charge in [-0.3, -0.25) is 0 Å². The lowest BCUT2D eigenvalue weighted by Crippen LogP contribution is -2.17. The Labute approximate surface area is 179 Å². The van der Waals surface area contributed by atoms with E-state index < -0.39 is 11.6 Å². The van der Waals surface area contributed by atoms with Gasteiger partial charge in [0, 0.05) is 5.39 Å². The lowest BCUT2D eigenvalue weighted by Gasteiger charge is -2.31. The molecule has 0 spiro atoms. The van der Waals surface area contributed by atoms with Crippen molar-refractivity contribution in [1.82, 2.24) is 0 Å². The van der Waals surface area contributed by atoms with E-state index in [-0.39, 0.29) is 5.92 Å². The van der Waals surface area contributed by atoms with Crippen LogP contribution in [0.4, 0.5) is 8.78 Å². The maximum Gasteiger partial charge on any atom is 0.167 e. The van der Waals surface area contributed by atoms with Gasteiger partial charge in [0.1, 0.15) is 5.75 Å². The van der Waals surface area contributed by atoms with Crippen LogP contribution in [-0.4, -0.2) is 7.11 Å². The molecule has 0 aliphatic heterocycles. The molecule has 2 aromatic carbocycles. The monoisotopic (exact) mass is 412 g/mol. The number of rotatable bonds is 6. The Hall–Kier alpha value is -1.90. The lowest BCUT2D eigenvalue weighted by atomic mass is 9.74. The average molecular weight is 413 g/mol. The Balaban J connectivity index is 1.35. The highest BCUT2D eigenvalue weighted by Gasteiger charge is 2.27. The molecule has 2 fully saturated rings. The van der Waals surface area contributed by atoms with Crippen LogP contribution in [0.15, 0.2) is 36.9 Å². The number of hydrogen-bond acceptors (Lipinski definition) is 1. The Bertz CT molecular complexity index is 874. The number of benzene rings is 2. The van der Waals surface area contributed by atoms with Crippen LogP contribution in [0, 0.1) is 29.4 Å². The van der Waals surface area contributed by atoms with Crippen molar-refractivity contribution >= 4 is 10.8 Å². The Morgan fingerprint density at radius 2 is 1.53 bits per heavy atom. The second kappa shape index (κ2) is 9.49. The predicted octanol–water partition coefficient (Wildman–Crippen LogP) is 8.17. The fourth-order valence-electron chi connectivity index (χ4n) is 5.70. The number of fused-ring (bicyclic) bond motifs is 1. The van der Waals surface area contributed by atoms with E-state index in [0.717, 1.165) is 48.8 Å². The van der Waals surface area contributed by atoms with E-state index in [1.54, 1.807) is 6.07 Å². The van der Waals surface area contributed by atoms with Gasteiger partial charge >= 0.3 is 0 Å². The maximum atomic E-state index is 14.9. The summed E-state index contributed by atoms with van der Waals surface area (Å²) >= 11 is 0. The highest BCUT2D eigenvalue weighted by atomic mass is 19.2. The van der Waals surface area contributed by atoms with Gasteiger partial charge in [0.05, 0.1) is 7.11 Å². The van der Waals surface area contributed by atoms with Gasteiger partial charge in [-0.25, -0.2) is 8.78 Å². The number of halogens is 2. The van der Waals surface area contributed by atoms with Crippen molar-refractivity contribution in [2.75, 3.05) is 7.11 Å². The molecular formula is C27H34F2O. The molecule has 0 radical (unpaired) electrons. The molecule has 1 nitrogen and oxygen atoms in total. The molecule has 0 heterocycles. The molecule has 2 aliphatic carbocycles. The van der Waals surface area contributed by atoms with Crippen molar-refractivity contribution < 1.29 is 13.5 Å². The van der Waals surface area contributed by atoms with E-state index in [1.807, 2.05) is 18.2 Å². The van der Waals surface area contributed by atoms with Crippen LogP contribution < -0.4 is 4.74 Å². The fraction of sp³-hybridized carbons (Fsp3) is 0.556. The summed E-state index contributed by atoms with van der Waals surface area (Å²) < 4.78 is 34.8. The van der Waals surface area contributed by atoms with Gasteiger partial charge in [0.15, 0.2) is 11.6 Å². The van der Waals surface area contributed by atoms with E-state index in [1.165, 1.54) is 45.6 Å². The second-order valence-electron chi connectivity index (χ2n) is 9.49. The zero-order valence-electron chi connectivity index (χ0n) is 18.1. The summed E-state index contributed by atoms with van der Waals surface area (Å²) in [5.41, 5.74) is 0.561. The first-order valence-corrected chi connectivity index (χ1v) is 11.7. The molecule has 0 N–H and O–H groups in total. The first kappa shape index (κ1) is 21.3. The third kappa shape index (κ3) is 4.55. The van der Waals surface area contributed by atoms with Crippen LogP contribution in [0.3, 0.4) is 0 Å². The van der Waals surface area contributed by atoms with Gasteiger partial charge in [0.2, 0.25) is 0 Å². The van der Waals surface area contributed by atoms with E-state index >= 15 is 0 Å². The maximum absolute atomic E-state index is 14.9. The summed E-state index contributed by atoms with van der Waals surface area (Å²) in [5.74, 6) is 1.63. The van der Waals surface area contributed by atoms with Crippen LogP contribution in [0.5, 0.6) is 5.75 Å².